The zero-order valence-corrected chi connectivity index (χ0v) is 20.4. The van der Waals surface area contributed by atoms with Crippen LogP contribution in [0.3, 0.4) is 0 Å². The Morgan fingerprint density at radius 3 is 2.64 bits per heavy atom. The van der Waals surface area contributed by atoms with Crippen molar-refractivity contribution in [3.05, 3.63) is 88.8 Å². The molecule has 3 heterocycles. The molecule has 3 N–H and O–H groups in total. The summed E-state index contributed by atoms with van der Waals surface area (Å²) in [6.07, 6.45) is 3.71. The number of nitrogens with zero attached hydrogens (tertiary/aromatic N) is 3. The van der Waals surface area contributed by atoms with Crippen molar-refractivity contribution < 1.29 is 19.4 Å². The predicted octanol–water partition coefficient (Wildman–Crippen LogP) is 3.71. The van der Waals surface area contributed by atoms with Gasteiger partial charge in [0.25, 0.3) is 0 Å². The molecule has 36 heavy (non-hydrogen) atoms. The van der Waals surface area contributed by atoms with Gasteiger partial charge in [0.2, 0.25) is 11.8 Å². The smallest absolute Gasteiger partial charge is 0.341 e. The van der Waals surface area contributed by atoms with Crippen LogP contribution in [0.25, 0.3) is 11.1 Å². The number of hydrogen-bond donors (Lipinski definition) is 3. The Balaban J connectivity index is 1.60. The fourth-order valence-corrected chi connectivity index (χ4v) is 4.11. The molecule has 0 aliphatic rings. The fourth-order valence-electron chi connectivity index (χ4n) is 3.55. The maximum Gasteiger partial charge on any atom is 0.341 e. The second-order valence-electron chi connectivity index (χ2n) is 8.04. The number of amides is 1. The first-order valence-corrected chi connectivity index (χ1v) is 12.1. The van der Waals surface area contributed by atoms with Gasteiger partial charge in [-0.3, -0.25) is 15.1 Å². The number of anilines is 1. The van der Waals surface area contributed by atoms with Gasteiger partial charge in [0, 0.05) is 35.6 Å². The number of aromatic nitrogens is 3. The molecule has 3 aromatic heterocycles. The van der Waals surface area contributed by atoms with Crippen LogP contribution >= 0.6 is 11.3 Å². The minimum absolute atomic E-state index is 0.0261. The van der Waals surface area contributed by atoms with Gasteiger partial charge in [-0.25, -0.2) is 14.8 Å². The molecule has 1 atom stereocenters. The molecule has 184 valence electrons. The van der Waals surface area contributed by atoms with E-state index in [1.807, 2.05) is 54.8 Å². The summed E-state index contributed by atoms with van der Waals surface area (Å²) < 4.78 is 5.36. The molecule has 0 fully saturated rings. The molecule has 4 rings (SSSR count). The van der Waals surface area contributed by atoms with Gasteiger partial charge in [0.15, 0.2) is 6.61 Å². The van der Waals surface area contributed by atoms with E-state index in [-0.39, 0.29) is 17.5 Å². The molecule has 9 nitrogen and oxygen atoms in total. The summed E-state index contributed by atoms with van der Waals surface area (Å²) in [5.74, 6) is -1.42. The van der Waals surface area contributed by atoms with Gasteiger partial charge < -0.3 is 15.2 Å². The summed E-state index contributed by atoms with van der Waals surface area (Å²) in [6, 6.07) is 14.5. The molecule has 0 spiro atoms. The number of rotatable bonds is 11. The fraction of sp³-hybridized carbons (Fsp3) is 0.192. The lowest BCUT2D eigenvalue weighted by atomic mass is 10.0. The summed E-state index contributed by atoms with van der Waals surface area (Å²) in [6.45, 7) is 1.72. The van der Waals surface area contributed by atoms with E-state index in [1.165, 1.54) is 11.3 Å². The molecular weight excluding hydrogens is 478 g/mol. The van der Waals surface area contributed by atoms with Gasteiger partial charge in [0.05, 0.1) is 17.2 Å². The monoisotopic (exact) mass is 503 g/mol. The molecule has 1 amide bonds. The second-order valence-corrected chi connectivity index (χ2v) is 8.76. The Morgan fingerprint density at radius 1 is 1.08 bits per heavy atom. The average molecular weight is 504 g/mol. The number of carboxylic acids is 1. The van der Waals surface area contributed by atoms with Crippen LogP contribution in [-0.4, -0.2) is 44.6 Å². The highest BCUT2D eigenvalue weighted by molar-refractivity contribution is 7.07. The van der Waals surface area contributed by atoms with Gasteiger partial charge in [-0.15, -0.1) is 11.3 Å². The van der Waals surface area contributed by atoms with E-state index in [2.05, 4.69) is 25.6 Å². The molecule has 0 radical (unpaired) electrons. The van der Waals surface area contributed by atoms with Crippen molar-refractivity contribution in [3.63, 3.8) is 0 Å². The van der Waals surface area contributed by atoms with Crippen LogP contribution in [0, 0.1) is 6.92 Å². The van der Waals surface area contributed by atoms with Crippen molar-refractivity contribution >= 4 is 28.9 Å². The van der Waals surface area contributed by atoms with Crippen molar-refractivity contribution in [2.45, 2.75) is 25.9 Å². The lowest BCUT2D eigenvalue weighted by Crippen LogP contribution is -2.42. The minimum Gasteiger partial charge on any atom is -0.479 e. The Hall–Kier alpha value is -4.15. The molecule has 4 aromatic rings. The van der Waals surface area contributed by atoms with Crippen LogP contribution < -0.4 is 15.4 Å². The normalized spacial score (nSPS) is 11.6. The third-order valence-corrected chi connectivity index (χ3v) is 5.92. The first-order valence-electron chi connectivity index (χ1n) is 11.2. The van der Waals surface area contributed by atoms with Crippen molar-refractivity contribution in [1.82, 2.24) is 20.3 Å². The number of ether oxygens (including phenoxy) is 1. The van der Waals surface area contributed by atoms with E-state index < -0.39 is 18.6 Å². The molecule has 0 bridgehead atoms. The molecule has 0 aliphatic carbocycles. The summed E-state index contributed by atoms with van der Waals surface area (Å²) in [5, 5.41) is 17.2. The third kappa shape index (κ3) is 6.94. The maximum atomic E-state index is 13.5. The highest BCUT2D eigenvalue weighted by atomic mass is 32.1. The summed E-state index contributed by atoms with van der Waals surface area (Å²) in [5.41, 5.74) is 6.28. The first kappa shape index (κ1) is 25.0. The third-order valence-electron chi connectivity index (χ3n) is 5.28. The van der Waals surface area contributed by atoms with Crippen LogP contribution in [-0.2, 0) is 22.6 Å². The van der Waals surface area contributed by atoms with Crippen molar-refractivity contribution in [2.75, 3.05) is 11.9 Å². The lowest BCUT2D eigenvalue weighted by Gasteiger charge is -2.19. The number of thiazole rings is 1. The van der Waals surface area contributed by atoms with E-state index in [1.54, 1.807) is 24.0 Å². The van der Waals surface area contributed by atoms with Crippen molar-refractivity contribution in [3.8, 4) is 17.0 Å². The number of pyridine rings is 2. The van der Waals surface area contributed by atoms with Crippen LogP contribution in [0.15, 0.2) is 71.8 Å². The number of carbonyl (C=O) groups is 2. The standard InChI is InChI=1S/C26H25N5O4S/c1-17-9-19(7-8-27-17)20-11-23(26(29-12-20)35-14-24(32)33)31-25(34)22(10-18-5-3-2-4-6-18)28-13-21-15-36-16-30-21/h2-9,11-12,15-16,22,28H,10,13-14H2,1H3,(H,31,34)(H,32,33)/t22-/m0/s1. The van der Waals surface area contributed by atoms with E-state index in [4.69, 9.17) is 9.84 Å². The quantitative estimate of drug-likeness (QED) is 0.283. The van der Waals surface area contributed by atoms with Crippen LogP contribution in [0.4, 0.5) is 5.69 Å². The average Bonchev–Trinajstić information content (AvgIpc) is 3.40. The Kier molecular flexibility index (Phi) is 8.32. The van der Waals surface area contributed by atoms with Crippen molar-refractivity contribution in [1.29, 1.82) is 0 Å². The predicted molar refractivity (Wildman–Crippen MR) is 137 cm³/mol. The number of hydrogen-bond acceptors (Lipinski definition) is 8. The molecule has 0 unspecified atom stereocenters. The summed E-state index contributed by atoms with van der Waals surface area (Å²) >= 11 is 1.49. The van der Waals surface area contributed by atoms with E-state index in [9.17, 15) is 9.59 Å². The number of benzene rings is 1. The summed E-state index contributed by atoms with van der Waals surface area (Å²) in [4.78, 5) is 37.3. The van der Waals surface area contributed by atoms with E-state index in [0.717, 1.165) is 28.1 Å². The number of aryl methyl sites for hydroxylation is 1. The summed E-state index contributed by atoms with van der Waals surface area (Å²) in [7, 11) is 0. The highest BCUT2D eigenvalue weighted by Gasteiger charge is 2.22. The van der Waals surface area contributed by atoms with Crippen LogP contribution in [0.5, 0.6) is 5.88 Å². The molecule has 10 heteroatoms. The molecule has 1 aromatic carbocycles. The van der Waals surface area contributed by atoms with Gasteiger partial charge in [0.1, 0.15) is 5.69 Å². The molecule has 0 aliphatic heterocycles. The van der Waals surface area contributed by atoms with Gasteiger partial charge >= 0.3 is 5.97 Å². The SMILES string of the molecule is Cc1cc(-c2cnc(OCC(=O)O)c(NC(=O)[C@H](Cc3ccccc3)NCc3cscn3)c2)ccn1. The van der Waals surface area contributed by atoms with Crippen LogP contribution in [0.1, 0.15) is 17.0 Å². The second kappa shape index (κ2) is 12.0. The number of nitrogens with one attached hydrogen (secondary N) is 2. The molecule has 0 saturated heterocycles. The first-order chi connectivity index (χ1) is 17.5. The van der Waals surface area contributed by atoms with Gasteiger partial charge in [-0.05, 0) is 42.7 Å². The largest absolute Gasteiger partial charge is 0.479 e. The Labute approximate surface area is 212 Å². The van der Waals surface area contributed by atoms with Gasteiger partial charge in [-0.1, -0.05) is 30.3 Å². The maximum absolute atomic E-state index is 13.5. The minimum atomic E-state index is -1.14. The zero-order valence-electron chi connectivity index (χ0n) is 19.5. The topological polar surface area (TPSA) is 126 Å². The van der Waals surface area contributed by atoms with Gasteiger partial charge in [-0.2, -0.15) is 0 Å². The van der Waals surface area contributed by atoms with E-state index >= 15 is 0 Å². The number of aliphatic carboxylic acids is 1. The Bertz CT molecular complexity index is 1320. The van der Waals surface area contributed by atoms with Crippen molar-refractivity contribution in [2.24, 2.45) is 0 Å². The molecule has 0 saturated carbocycles. The lowest BCUT2D eigenvalue weighted by molar-refractivity contribution is -0.139. The van der Waals surface area contributed by atoms with Crippen LogP contribution in [0.2, 0.25) is 0 Å². The number of carbonyl (C=O) groups excluding carboxylic acids is 1. The highest BCUT2D eigenvalue weighted by Crippen LogP contribution is 2.29. The number of carboxylic acid groups (broad SMARTS) is 1. The Morgan fingerprint density at radius 2 is 1.92 bits per heavy atom. The van der Waals surface area contributed by atoms with E-state index in [0.29, 0.717) is 13.0 Å². The molecular formula is C26H25N5O4S. The zero-order chi connectivity index (χ0) is 25.3.